The van der Waals surface area contributed by atoms with E-state index in [9.17, 15) is 0 Å². The van der Waals surface area contributed by atoms with Gasteiger partial charge in [0.2, 0.25) is 0 Å². The predicted molar refractivity (Wildman–Crippen MR) is 111 cm³/mol. The van der Waals surface area contributed by atoms with Crippen LogP contribution >= 0.6 is 0 Å². The van der Waals surface area contributed by atoms with Crippen LogP contribution in [0.4, 0.5) is 0 Å². The van der Waals surface area contributed by atoms with Crippen LogP contribution in [0.1, 0.15) is 88.5 Å². The first-order chi connectivity index (χ1) is 12.7. The van der Waals surface area contributed by atoms with Gasteiger partial charge in [0.1, 0.15) is 5.75 Å². The van der Waals surface area contributed by atoms with Gasteiger partial charge in [-0.2, -0.15) is 0 Å². The number of unbranched alkanes of at least 4 members (excludes halogenated alkanes) is 6. The third-order valence-electron chi connectivity index (χ3n) is 5.05. The lowest BCUT2D eigenvalue weighted by Gasteiger charge is -2.13. The zero-order valence-electron chi connectivity index (χ0n) is 16.8. The third-order valence-corrected chi connectivity index (χ3v) is 5.05. The molecule has 2 aromatic rings. The van der Waals surface area contributed by atoms with Crippen LogP contribution in [0.25, 0.3) is 0 Å². The van der Waals surface area contributed by atoms with Gasteiger partial charge < -0.3 is 4.74 Å². The molecule has 1 aromatic heterocycles. The quantitative estimate of drug-likeness (QED) is 0.386. The van der Waals surface area contributed by atoms with Gasteiger partial charge in [-0.3, -0.25) is 4.98 Å². The molecule has 0 saturated carbocycles. The van der Waals surface area contributed by atoms with E-state index < -0.39 is 0 Å². The highest BCUT2D eigenvalue weighted by Crippen LogP contribution is 2.25. The number of aromatic nitrogens is 1. The Kier molecular flexibility index (Phi) is 9.23. The minimum Gasteiger partial charge on any atom is -0.494 e. The second-order valence-corrected chi connectivity index (χ2v) is 7.19. The summed E-state index contributed by atoms with van der Waals surface area (Å²) in [7, 11) is 0. The highest BCUT2D eigenvalue weighted by molar-refractivity contribution is 5.33. The van der Waals surface area contributed by atoms with Gasteiger partial charge in [-0.05, 0) is 49.1 Å². The van der Waals surface area contributed by atoms with Crippen molar-refractivity contribution in [2.24, 2.45) is 0 Å². The monoisotopic (exact) mass is 353 g/mol. The number of nitrogens with zero attached hydrogens (tertiary/aromatic N) is 1. The van der Waals surface area contributed by atoms with Crippen LogP contribution < -0.4 is 4.74 Å². The highest BCUT2D eigenvalue weighted by atomic mass is 16.5. The van der Waals surface area contributed by atoms with Crippen molar-refractivity contribution in [3.63, 3.8) is 0 Å². The van der Waals surface area contributed by atoms with E-state index in [1.165, 1.54) is 56.1 Å². The Morgan fingerprint density at radius 3 is 2.15 bits per heavy atom. The van der Waals surface area contributed by atoms with Crippen molar-refractivity contribution in [3.05, 3.63) is 59.4 Å². The largest absolute Gasteiger partial charge is 0.494 e. The average Bonchev–Trinajstić information content (AvgIpc) is 2.68. The summed E-state index contributed by atoms with van der Waals surface area (Å²) in [5.41, 5.74) is 3.78. The number of benzene rings is 1. The van der Waals surface area contributed by atoms with E-state index >= 15 is 0 Å². The zero-order chi connectivity index (χ0) is 18.6. The first-order valence-corrected chi connectivity index (χ1v) is 10.4. The maximum absolute atomic E-state index is 5.52. The molecule has 0 spiro atoms. The van der Waals surface area contributed by atoms with E-state index in [-0.39, 0.29) is 0 Å². The minimum atomic E-state index is 0.304. The van der Waals surface area contributed by atoms with Gasteiger partial charge in [0.15, 0.2) is 0 Å². The van der Waals surface area contributed by atoms with Crippen molar-refractivity contribution < 1.29 is 4.74 Å². The molecule has 0 bridgehead atoms. The minimum absolute atomic E-state index is 0.304. The normalized spacial score (nSPS) is 12.1. The van der Waals surface area contributed by atoms with E-state index in [0.717, 1.165) is 17.9 Å². The fraction of sp³-hybridized carbons (Fsp3) is 0.542. The molecule has 2 nitrogen and oxygen atoms in total. The smallest absolute Gasteiger partial charge is 0.119 e. The summed E-state index contributed by atoms with van der Waals surface area (Å²) in [4.78, 5) is 4.72. The van der Waals surface area contributed by atoms with Crippen LogP contribution in [0.3, 0.4) is 0 Å². The first-order valence-electron chi connectivity index (χ1n) is 10.4. The van der Waals surface area contributed by atoms with Crippen molar-refractivity contribution in [2.45, 2.75) is 78.1 Å². The molecule has 2 rings (SSSR count). The first kappa shape index (κ1) is 20.5. The molecule has 0 aliphatic rings. The van der Waals surface area contributed by atoms with Gasteiger partial charge >= 0.3 is 0 Å². The summed E-state index contributed by atoms with van der Waals surface area (Å²) in [6.45, 7) is 7.20. The molecule has 1 unspecified atom stereocenters. The third kappa shape index (κ3) is 6.82. The SMILES string of the molecule is CCCCCCCCCc1ccc(C(C)c2ccc(OCC)cc2)nc1. The Hall–Kier alpha value is -1.83. The lowest BCUT2D eigenvalue weighted by Crippen LogP contribution is -2.00. The number of aryl methyl sites for hydroxylation is 1. The molecule has 0 amide bonds. The van der Waals surface area contributed by atoms with Crippen LogP contribution in [0.5, 0.6) is 5.75 Å². The van der Waals surface area contributed by atoms with Crippen molar-refractivity contribution in [3.8, 4) is 5.75 Å². The van der Waals surface area contributed by atoms with E-state index in [0.29, 0.717) is 12.5 Å². The van der Waals surface area contributed by atoms with Crippen LogP contribution in [0, 0.1) is 0 Å². The fourth-order valence-electron chi connectivity index (χ4n) is 3.32. The number of ether oxygens (including phenoxy) is 1. The second kappa shape index (κ2) is 11.7. The molecule has 1 heterocycles. The molecule has 0 fully saturated rings. The van der Waals surface area contributed by atoms with Crippen molar-refractivity contribution in [2.75, 3.05) is 6.61 Å². The summed E-state index contributed by atoms with van der Waals surface area (Å²) in [6, 6.07) is 12.8. The lowest BCUT2D eigenvalue weighted by molar-refractivity contribution is 0.340. The standard InChI is InChI=1S/C24H35NO/c1-4-6-7-8-9-10-11-12-21-13-18-24(25-19-21)20(3)22-14-16-23(17-15-22)26-5-2/h13-20H,4-12H2,1-3H3. The maximum Gasteiger partial charge on any atom is 0.119 e. The molecule has 0 radical (unpaired) electrons. The van der Waals surface area contributed by atoms with E-state index in [2.05, 4.69) is 44.3 Å². The summed E-state index contributed by atoms with van der Waals surface area (Å²) in [5.74, 6) is 1.24. The van der Waals surface area contributed by atoms with E-state index in [1.807, 2.05) is 19.1 Å². The molecule has 1 aromatic carbocycles. The van der Waals surface area contributed by atoms with Gasteiger partial charge in [-0.25, -0.2) is 0 Å². The number of rotatable bonds is 12. The van der Waals surface area contributed by atoms with Gasteiger partial charge in [-0.1, -0.05) is 70.6 Å². The molecule has 1 atom stereocenters. The molecule has 0 saturated heterocycles. The van der Waals surface area contributed by atoms with E-state index in [4.69, 9.17) is 9.72 Å². The summed E-state index contributed by atoms with van der Waals surface area (Å²) >= 11 is 0. The van der Waals surface area contributed by atoms with Gasteiger partial charge in [0.05, 0.1) is 6.61 Å². The van der Waals surface area contributed by atoms with Gasteiger partial charge in [0, 0.05) is 17.8 Å². The van der Waals surface area contributed by atoms with Crippen LogP contribution in [-0.4, -0.2) is 11.6 Å². The summed E-state index contributed by atoms with van der Waals surface area (Å²) in [6.07, 6.45) is 12.7. The van der Waals surface area contributed by atoms with E-state index in [1.54, 1.807) is 0 Å². The molecule has 0 N–H and O–H groups in total. The molecular formula is C24H35NO. The molecular weight excluding hydrogens is 318 g/mol. The Bertz CT molecular complexity index is 603. The molecule has 0 aliphatic carbocycles. The van der Waals surface area contributed by atoms with Crippen LogP contribution in [0.15, 0.2) is 42.6 Å². The summed E-state index contributed by atoms with van der Waals surface area (Å²) in [5, 5.41) is 0. The maximum atomic E-state index is 5.52. The molecule has 2 heteroatoms. The highest BCUT2D eigenvalue weighted by Gasteiger charge is 2.10. The Balaban J connectivity index is 1.78. The fourth-order valence-corrected chi connectivity index (χ4v) is 3.32. The lowest BCUT2D eigenvalue weighted by atomic mass is 9.96. The van der Waals surface area contributed by atoms with Gasteiger partial charge in [0.25, 0.3) is 0 Å². The number of hydrogen-bond acceptors (Lipinski definition) is 2. The predicted octanol–water partition coefficient (Wildman–Crippen LogP) is 6.93. The zero-order valence-corrected chi connectivity index (χ0v) is 16.8. The topological polar surface area (TPSA) is 22.1 Å². The van der Waals surface area contributed by atoms with Crippen LogP contribution in [0.2, 0.25) is 0 Å². The molecule has 0 aliphatic heterocycles. The molecule has 26 heavy (non-hydrogen) atoms. The number of hydrogen-bond donors (Lipinski definition) is 0. The Morgan fingerprint density at radius 2 is 1.54 bits per heavy atom. The average molecular weight is 354 g/mol. The molecule has 142 valence electrons. The Morgan fingerprint density at radius 1 is 0.846 bits per heavy atom. The Labute approximate surface area is 160 Å². The number of pyridine rings is 1. The van der Waals surface area contributed by atoms with Crippen molar-refractivity contribution in [1.82, 2.24) is 4.98 Å². The summed E-state index contributed by atoms with van der Waals surface area (Å²) < 4.78 is 5.52. The van der Waals surface area contributed by atoms with Crippen molar-refractivity contribution in [1.29, 1.82) is 0 Å². The van der Waals surface area contributed by atoms with Crippen LogP contribution in [-0.2, 0) is 6.42 Å². The van der Waals surface area contributed by atoms with Gasteiger partial charge in [-0.15, -0.1) is 0 Å². The van der Waals surface area contributed by atoms with Crippen molar-refractivity contribution >= 4 is 0 Å². The second-order valence-electron chi connectivity index (χ2n) is 7.19.